The normalized spacial score (nSPS) is 11.8. The summed E-state index contributed by atoms with van der Waals surface area (Å²) in [4.78, 5) is 0. The molecule has 1 aromatic heterocycles. The number of benzene rings is 9. The van der Waals surface area contributed by atoms with Crippen molar-refractivity contribution in [2.45, 2.75) is 0 Å². The summed E-state index contributed by atoms with van der Waals surface area (Å²) in [6, 6.07) is 61.5. The Morgan fingerprint density at radius 3 is 1.55 bits per heavy atom. The summed E-state index contributed by atoms with van der Waals surface area (Å²) in [5, 5.41) is 12.3. The molecule has 0 fully saturated rings. The number of hydrogen-bond acceptors (Lipinski definition) is 1. The first-order chi connectivity index (χ1) is 23.3. The van der Waals surface area contributed by atoms with Gasteiger partial charge in [-0.1, -0.05) is 152 Å². The lowest BCUT2D eigenvalue weighted by atomic mass is 9.84. The summed E-state index contributed by atoms with van der Waals surface area (Å²) >= 11 is 0. The summed E-state index contributed by atoms with van der Waals surface area (Å²) in [6.45, 7) is 0. The molecule has 0 aliphatic rings. The van der Waals surface area contributed by atoms with Crippen molar-refractivity contribution in [3.63, 3.8) is 0 Å². The van der Waals surface area contributed by atoms with Crippen molar-refractivity contribution in [3.8, 4) is 33.4 Å². The van der Waals surface area contributed by atoms with Crippen LogP contribution in [0.25, 0.3) is 98.4 Å². The van der Waals surface area contributed by atoms with Gasteiger partial charge in [0.2, 0.25) is 0 Å². The van der Waals surface area contributed by atoms with Crippen molar-refractivity contribution >= 4 is 65.0 Å². The van der Waals surface area contributed by atoms with Crippen molar-refractivity contribution in [2.24, 2.45) is 0 Å². The lowest BCUT2D eigenvalue weighted by molar-refractivity contribution is 0.669. The number of hydrogen-bond donors (Lipinski definition) is 0. The highest BCUT2D eigenvalue weighted by Gasteiger charge is 2.19. The lowest BCUT2D eigenvalue weighted by Gasteiger charge is -2.19. The number of fused-ring (bicyclic) bond motifs is 8. The Bertz CT molecular complexity index is 2790. The first-order valence-electron chi connectivity index (χ1n) is 16.2. The van der Waals surface area contributed by atoms with Crippen molar-refractivity contribution in [3.05, 3.63) is 170 Å². The van der Waals surface area contributed by atoms with Gasteiger partial charge in [0, 0.05) is 10.8 Å². The predicted molar refractivity (Wildman–Crippen MR) is 200 cm³/mol. The smallest absolute Gasteiger partial charge is 0.136 e. The molecule has 0 aliphatic heterocycles. The minimum absolute atomic E-state index is 0.912. The van der Waals surface area contributed by atoms with Crippen LogP contribution < -0.4 is 0 Å². The molecule has 0 spiro atoms. The molecule has 10 aromatic rings. The van der Waals surface area contributed by atoms with E-state index in [-0.39, 0.29) is 0 Å². The zero-order valence-electron chi connectivity index (χ0n) is 25.6. The third-order valence-corrected chi connectivity index (χ3v) is 9.84. The molecule has 218 valence electrons. The summed E-state index contributed by atoms with van der Waals surface area (Å²) in [7, 11) is 0. The highest BCUT2D eigenvalue weighted by Crippen LogP contribution is 2.46. The zero-order chi connectivity index (χ0) is 30.9. The first-order valence-corrected chi connectivity index (χ1v) is 16.2. The summed E-state index contributed by atoms with van der Waals surface area (Å²) in [5.74, 6) is 0. The van der Waals surface area contributed by atoms with E-state index in [0.717, 1.165) is 16.6 Å². The second-order valence-electron chi connectivity index (χ2n) is 12.4. The molecule has 9 aromatic carbocycles. The van der Waals surface area contributed by atoms with Crippen LogP contribution in [0.5, 0.6) is 0 Å². The van der Waals surface area contributed by atoms with Gasteiger partial charge >= 0.3 is 0 Å². The Kier molecular flexibility index (Phi) is 5.64. The largest absolute Gasteiger partial charge is 0.456 e. The van der Waals surface area contributed by atoms with Crippen LogP contribution >= 0.6 is 0 Å². The summed E-state index contributed by atoms with van der Waals surface area (Å²) < 4.78 is 6.44. The van der Waals surface area contributed by atoms with Crippen LogP contribution in [0.2, 0.25) is 0 Å². The lowest BCUT2D eigenvalue weighted by Crippen LogP contribution is -1.92. The second-order valence-corrected chi connectivity index (χ2v) is 12.4. The van der Waals surface area contributed by atoms with Crippen LogP contribution in [0, 0.1) is 0 Å². The molecule has 0 N–H and O–H groups in total. The average molecular weight is 597 g/mol. The maximum absolute atomic E-state index is 6.44. The third kappa shape index (κ3) is 3.90. The fourth-order valence-electron chi connectivity index (χ4n) is 7.84. The van der Waals surface area contributed by atoms with E-state index in [1.165, 1.54) is 81.9 Å². The molecule has 0 saturated carbocycles. The standard InChI is InChI=1S/C46H28O/c1-3-17-33-29(12-1)14-10-24-36(33)44-39-21-7-5-19-37(39)43(38-20-6-8-22-40(38)44)32-16-9-15-31(28-32)35-23-11-25-41-46(35)45-34-18-4-2-13-30(34)26-27-42(45)47-41/h1-28H. The van der Waals surface area contributed by atoms with Gasteiger partial charge in [-0.05, 0) is 94.7 Å². The van der Waals surface area contributed by atoms with Crippen LogP contribution in [-0.4, -0.2) is 0 Å². The van der Waals surface area contributed by atoms with E-state index in [9.17, 15) is 0 Å². The summed E-state index contributed by atoms with van der Waals surface area (Å²) in [5.41, 5.74) is 9.20. The SMILES string of the molecule is c1cc(-c2c3ccccc3c(-c3cccc4ccccc34)c3ccccc23)cc(-c2cccc3oc4ccc5ccccc5c4c23)c1. The Hall–Kier alpha value is -6.18. The van der Waals surface area contributed by atoms with Crippen LogP contribution in [-0.2, 0) is 0 Å². The zero-order valence-corrected chi connectivity index (χ0v) is 25.6. The van der Waals surface area contributed by atoms with Gasteiger partial charge in [-0.3, -0.25) is 0 Å². The molecular formula is C46H28O. The van der Waals surface area contributed by atoms with Gasteiger partial charge in [-0.2, -0.15) is 0 Å². The summed E-state index contributed by atoms with van der Waals surface area (Å²) in [6.07, 6.45) is 0. The van der Waals surface area contributed by atoms with Gasteiger partial charge in [0.25, 0.3) is 0 Å². The van der Waals surface area contributed by atoms with Gasteiger partial charge < -0.3 is 4.42 Å². The van der Waals surface area contributed by atoms with E-state index in [2.05, 4.69) is 170 Å². The van der Waals surface area contributed by atoms with Gasteiger partial charge in [0.15, 0.2) is 0 Å². The Morgan fingerprint density at radius 1 is 0.298 bits per heavy atom. The Labute approximate surface area is 271 Å². The molecule has 0 bridgehead atoms. The molecule has 10 rings (SSSR count). The second kappa shape index (κ2) is 10.2. The molecule has 1 heterocycles. The van der Waals surface area contributed by atoms with E-state index in [0.29, 0.717) is 0 Å². The molecule has 0 saturated heterocycles. The van der Waals surface area contributed by atoms with Gasteiger partial charge in [-0.25, -0.2) is 0 Å². The fourth-order valence-corrected chi connectivity index (χ4v) is 7.84. The molecule has 1 nitrogen and oxygen atoms in total. The van der Waals surface area contributed by atoms with Gasteiger partial charge in [0.1, 0.15) is 11.2 Å². The average Bonchev–Trinajstić information content (AvgIpc) is 3.53. The predicted octanol–water partition coefficient (Wildman–Crippen LogP) is 13.2. The van der Waals surface area contributed by atoms with E-state index < -0.39 is 0 Å². The van der Waals surface area contributed by atoms with E-state index in [4.69, 9.17) is 4.42 Å². The molecule has 0 atom stereocenters. The minimum atomic E-state index is 0.912. The number of rotatable bonds is 3. The molecule has 1 heteroatoms. The first kappa shape index (κ1) is 26.1. The minimum Gasteiger partial charge on any atom is -0.456 e. The highest BCUT2D eigenvalue weighted by molar-refractivity contribution is 6.25. The van der Waals surface area contributed by atoms with Crippen molar-refractivity contribution in [1.82, 2.24) is 0 Å². The molecule has 0 aliphatic carbocycles. The highest BCUT2D eigenvalue weighted by atomic mass is 16.3. The van der Waals surface area contributed by atoms with Crippen LogP contribution in [0.15, 0.2) is 174 Å². The van der Waals surface area contributed by atoms with E-state index >= 15 is 0 Å². The van der Waals surface area contributed by atoms with Crippen molar-refractivity contribution in [1.29, 1.82) is 0 Å². The van der Waals surface area contributed by atoms with E-state index in [1.54, 1.807) is 0 Å². The Morgan fingerprint density at radius 2 is 0.809 bits per heavy atom. The fraction of sp³-hybridized carbons (Fsp3) is 0. The molecule has 0 amide bonds. The number of furan rings is 1. The maximum Gasteiger partial charge on any atom is 0.136 e. The van der Waals surface area contributed by atoms with Gasteiger partial charge in [0.05, 0.1) is 0 Å². The van der Waals surface area contributed by atoms with Crippen LogP contribution in [0.4, 0.5) is 0 Å². The van der Waals surface area contributed by atoms with Gasteiger partial charge in [-0.15, -0.1) is 0 Å². The third-order valence-electron chi connectivity index (χ3n) is 9.84. The Balaban J connectivity index is 1.26. The maximum atomic E-state index is 6.44. The van der Waals surface area contributed by atoms with Crippen LogP contribution in [0.3, 0.4) is 0 Å². The topological polar surface area (TPSA) is 13.1 Å². The van der Waals surface area contributed by atoms with Crippen molar-refractivity contribution < 1.29 is 4.42 Å². The quantitative estimate of drug-likeness (QED) is 0.185. The molecular weight excluding hydrogens is 569 g/mol. The van der Waals surface area contributed by atoms with Crippen molar-refractivity contribution in [2.75, 3.05) is 0 Å². The van der Waals surface area contributed by atoms with Crippen LogP contribution in [0.1, 0.15) is 0 Å². The molecule has 0 unspecified atom stereocenters. The molecule has 47 heavy (non-hydrogen) atoms. The monoisotopic (exact) mass is 596 g/mol. The molecule has 0 radical (unpaired) electrons. The van der Waals surface area contributed by atoms with E-state index in [1.807, 2.05) is 0 Å².